The molecule has 2 rings (SSSR count). The Bertz CT molecular complexity index is 207. The molecular weight excluding hydrogens is 154 g/mol. The lowest BCUT2D eigenvalue weighted by atomic mass is 9.91. The first-order valence-electron chi connectivity index (χ1n) is 4.62. The van der Waals surface area contributed by atoms with E-state index in [2.05, 4.69) is 0 Å². The minimum Gasteiger partial charge on any atom is -0.480 e. The van der Waals surface area contributed by atoms with Crippen molar-refractivity contribution >= 4 is 5.97 Å². The molecule has 3 heteroatoms. The van der Waals surface area contributed by atoms with Gasteiger partial charge in [0.15, 0.2) is 0 Å². The lowest BCUT2D eigenvalue weighted by Gasteiger charge is -2.18. The SMILES string of the molecule is NC(C(=O)O)C1(CC2CC2)CC1. The molecule has 0 amide bonds. The zero-order valence-electron chi connectivity index (χ0n) is 7.12. The van der Waals surface area contributed by atoms with Crippen molar-refractivity contribution in [3.8, 4) is 0 Å². The fourth-order valence-electron chi connectivity index (χ4n) is 1.96. The molecule has 0 radical (unpaired) electrons. The summed E-state index contributed by atoms with van der Waals surface area (Å²) in [5.41, 5.74) is 5.63. The van der Waals surface area contributed by atoms with E-state index in [1.54, 1.807) is 0 Å². The molecule has 0 aromatic carbocycles. The van der Waals surface area contributed by atoms with E-state index in [1.165, 1.54) is 12.8 Å². The van der Waals surface area contributed by atoms with Crippen LogP contribution in [0.3, 0.4) is 0 Å². The van der Waals surface area contributed by atoms with Crippen molar-refractivity contribution < 1.29 is 9.90 Å². The van der Waals surface area contributed by atoms with E-state index in [0.29, 0.717) is 0 Å². The number of aliphatic carboxylic acids is 1. The highest BCUT2D eigenvalue weighted by atomic mass is 16.4. The third kappa shape index (κ3) is 1.33. The van der Waals surface area contributed by atoms with Crippen molar-refractivity contribution in [1.82, 2.24) is 0 Å². The maximum Gasteiger partial charge on any atom is 0.321 e. The molecule has 0 saturated heterocycles. The van der Waals surface area contributed by atoms with Gasteiger partial charge in [0.25, 0.3) is 0 Å². The highest BCUT2D eigenvalue weighted by molar-refractivity contribution is 5.75. The molecule has 2 aliphatic rings. The Hall–Kier alpha value is -0.570. The summed E-state index contributed by atoms with van der Waals surface area (Å²) in [7, 11) is 0. The Morgan fingerprint density at radius 1 is 1.58 bits per heavy atom. The number of hydrogen-bond acceptors (Lipinski definition) is 2. The van der Waals surface area contributed by atoms with Gasteiger partial charge in [-0.2, -0.15) is 0 Å². The monoisotopic (exact) mass is 169 g/mol. The molecule has 0 aromatic rings. The van der Waals surface area contributed by atoms with Crippen molar-refractivity contribution in [3.05, 3.63) is 0 Å². The van der Waals surface area contributed by atoms with Crippen LogP contribution < -0.4 is 5.73 Å². The van der Waals surface area contributed by atoms with Gasteiger partial charge in [-0.25, -0.2) is 0 Å². The Balaban J connectivity index is 1.94. The third-order valence-corrected chi connectivity index (χ3v) is 3.21. The molecule has 0 aromatic heterocycles. The molecule has 3 N–H and O–H groups in total. The van der Waals surface area contributed by atoms with E-state index in [1.807, 2.05) is 0 Å². The molecule has 0 heterocycles. The number of hydrogen-bond donors (Lipinski definition) is 2. The van der Waals surface area contributed by atoms with Crippen LogP contribution in [0.4, 0.5) is 0 Å². The lowest BCUT2D eigenvalue weighted by Crippen LogP contribution is -2.39. The number of carbonyl (C=O) groups is 1. The highest BCUT2D eigenvalue weighted by Gasteiger charge is 2.52. The highest BCUT2D eigenvalue weighted by Crippen LogP contribution is 2.56. The van der Waals surface area contributed by atoms with Crippen LogP contribution in [0.15, 0.2) is 0 Å². The predicted octanol–water partition coefficient (Wildman–Crippen LogP) is 0.979. The van der Waals surface area contributed by atoms with E-state index >= 15 is 0 Å². The second-order valence-corrected chi connectivity index (χ2v) is 4.33. The van der Waals surface area contributed by atoms with Gasteiger partial charge in [0.2, 0.25) is 0 Å². The van der Waals surface area contributed by atoms with Gasteiger partial charge in [-0.15, -0.1) is 0 Å². The summed E-state index contributed by atoms with van der Waals surface area (Å²) in [6.45, 7) is 0. The second-order valence-electron chi connectivity index (χ2n) is 4.33. The van der Waals surface area contributed by atoms with E-state index in [9.17, 15) is 4.79 Å². The van der Waals surface area contributed by atoms with Gasteiger partial charge < -0.3 is 10.8 Å². The van der Waals surface area contributed by atoms with Crippen LogP contribution in [0.25, 0.3) is 0 Å². The minimum atomic E-state index is -0.826. The van der Waals surface area contributed by atoms with Gasteiger partial charge in [0.1, 0.15) is 6.04 Å². The van der Waals surface area contributed by atoms with E-state index in [0.717, 1.165) is 25.2 Å². The summed E-state index contributed by atoms with van der Waals surface area (Å²) in [6, 6.07) is -0.613. The minimum absolute atomic E-state index is 0.00694. The summed E-state index contributed by atoms with van der Waals surface area (Å²) >= 11 is 0. The fourth-order valence-corrected chi connectivity index (χ4v) is 1.96. The average molecular weight is 169 g/mol. The molecule has 2 fully saturated rings. The first-order valence-corrected chi connectivity index (χ1v) is 4.62. The smallest absolute Gasteiger partial charge is 0.321 e. The fraction of sp³-hybridized carbons (Fsp3) is 0.889. The van der Waals surface area contributed by atoms with Crippen LogP contribution in [0.2, 0.25) is 0 Å². The Kier molecular flexibility index (Phi) is 1.65. The summed E-state index contributed by atoms with van der Waals surface area (Å²) in [4.78, 5) is 10.7. The van der Waals surface area contributed by atoms with Crippen LogP contribution in [0.1, 0.15) is 32.1 Å². The molecule has 1 atom stereocenters. The Labute approximate surface area is 71.9 Å². The van der Waals surface area contributed by atoms with Crippen molar-refractivity contribution in [2.24, 2.45) is 17.1 Å². The number of carboxylic acid groups (broad SMARTS) is 1. The number of nitrogens with two attached hydrogens (primary N) is 1. The van der Waals surface area contributed by atoms with Gasteiger partial charge in [-0.1, -0.05) is 12.8 Å². The summed E-state index contributed by atoms with van der Waals surface area (Å²) in [6.07, 6.45) is 5.68. The first kappa shape index (κ1) is 8.05. The second kappa shape index (κ2) is 2.46. The molecule has 0 bridgehead atoms. The maximum atomic E-state index is 10.7. The molecule has 3 nitrogen and oxygen atoms in total. The van der Waals surface area contributed by atoms with Gasteiger partial charge >= 0.3 is 5.97 Å². The van der Waals surface area contributed by atoms with Crippen molar-refractivity contribution in [2.45, 2.75) is 38.1 Å². The van der Waals surface area contributed by atoms with Crippen molar-refractivity contribution in [1.29, 1.82) is 0 Å². The molecule has 68 valence electrons. The van der Waals surface area contributed by atoms with E-state index < -0.39 is 12.0 Å². The lowest BCUT2D eigenvalue weighted by molar-refractivity contribution is -0.140. The molecule has 0 aliphatic heterocycles. The summed E-state index contributed by atoms with van der Waals surface area (Å²) in [5.74, 6) is -0.0361. The Morgan fingerprint density at radius 3 is 2.50 bits per heavy atom. The first-order chi connectivity index (χ1) is 5.64. The van der Waals surface area contributed by atoms with Crippen LogP contribution in [0.5, 0.6) is 0 Å². The topological polar surface area (TPSA) is 63.3 Å². The largest absolute Gasteiger partial charge is 0.480 e. The standard InChI is InChI=1S/C9H15NO2/c10-7(8(11)12)9(3-4-9)5-6-1-2-6/h6-7H,1-5,10H2,(H,11,12). The Morgan fingerprint density at radius 2 is 2.17 bits per heavy atom. The summed E-state index contributed by atoms with van der Waals surface area (Å²) in [5, 5.41) is 8.77. The third-order valence-electron chi connectivity index (χ3n) is 3.21. The van der Waals surface area contributed by atoms with E-state index in [4.69, 9.17) is 10.8 Å². The van der Waals surface area contributed by atoms with Gasteiger partial charge in [0.05, 0.1) is 0 Å². The zero-order chi connectivity index (χ0) is 8.77. The molecule has 2 saturated carbocycles. The number of rotatable bonds is 4. The average Bonchev–Trinajstić information content (AvgIpc) is 2.86. The van der Waals surface area contributed by atoms with Crippen LogP contribution in [-0.2, 0) is 4.79 Å². The molecule has 12 heavy (non-hydrogen) atoms. The van der Waals surface area contributed by atoms with Gasteiger partial charge in [0, 0.05) is 0 Å². The van der Waals surface area contributed by atoms with Crippen LogP contribution in [-0.4, -0.2) is 17.1 Å². The molecule has 0 spiro atoms. The normalized spacial score (nSPS) is 28.1. The van der Waals surface area contributed by atoms with E-state index in [-0.39, 0.29) is 5.41 Å². The molecule has 2 aliphatic carbocycles. The van der Waals surface area contributed by atoms with Crippen molar-refractivity contribution in [3.63, 3.8) is 0 Å². The maximum absolute atomic E-state index is 10.7. The van der Waals surface area contributed by atoms with Gasteiger partial charge in [-0.3, -0.25) is 4.79 Å². The molecule has 1 unspecified atom stereocenters. The van der Waals surface area contributed by atoms with Crippen molar-refractivity contribution in [2.75, 3.05) is 0 Å². The predicted molar refractivity (Wildman–Crippen MR) is 44.6 cm³/mol. The van der Waals surface area contributed by atoms with Crippen LogP contribution >= 0.6 is 0 Å². The van der Waals surface area contributed by atoms with Crippen LogP contribution in [0, 0.1) is 11.3 Å². The summed E-state index contributed by atoms with van der Waals surface area (Å²) < 4.78 is 0. The number of carboxylic acids is 1. The van der Waals surface area contributed by atoms with Gasteiger partial charge in [-0.05, 0) is 30.6 Å². The zero-order valence-corrected chi connectivity index (χ0v) is 7.12. The molecular formula is C9H15NO2. The quantitative estimate of drug-likeness (QED) is 0.659.